The van der Waals surface area contributed by atoms with Crippen LogP contribution in [0.15, 0.2) is 48.5 Å². The Morgan fingerprint density at radius 2 is 1.82 bits per heavy atom. The molecule has 0 aliphatic heterocycles. The fourth-order valence-electron chi connectivity index (χ4n) is 2.50. The molecule has 2 N–H and O–H groups in total. The first-order chi connectivity index (χ1) is 10.6. The lowest BCUT2D eigenvalue weighted by Gasteiger charge is -2.18. The summed E-state index contributed by atoms with van der Waals surface area (Å²) in [5, 5.41) is 0. The molecule has 3 nitrogen and oxygen atoms in total. The molecule has 0 spiro atoms. The molecule has 0 unspecified atom stereocenters. The molecule has 3 heteroatoms. The van der Waals surface area contributed by atoms with Crippen LogP contribution in [0.25, 0.3) is 0 Å². The quantitative estimate of drug-likeness (QED) is 0.653. The fraction of sp³-hybridized carbons (Fsp3) is 0.316. The predicted molar refractivity (Wildman–Crippen MR) is 91.9 cm³/mol. The lowest BCUT2D eigenvalue weighted by molar-refractivity contribution is 0.0792. The summed E-state index contributed by atoms with van der Waals surface area (Å²) in [6.45, 7) is 2.70. The van der Waals surface area contributed by atoms with Gasteiger partial charge in [0, 0.05) is 24.8 Å². The zero-order chi connectivity index (χ0) is 15.9. The number of nitrogens with two attached hydrogens (primary N) is 1. The Hall–Kier alpha value is -2.29. The van der Waals surface area contributed by atoms with Gasteiger partial charge in [-0.15, -0.1) is 0 Å². The second kappa shape index (κ2) is 7.64. The second-order valence-corrected chi connectivity index (χ2v) is 5.74. The summed E-state index contributed by atoms with van der Waals surface area (Å²) in [4.78, 5) is 14.2. The molecular weight excluding hydrogens is 272 g/mol. The molecule has 1 amide bonds. The summed E-state index contributed by atoms with van der Waals surface area (Å²) in [5.74, 6) is 0.0458. The van der Waals surface area contributed by atoms with E-state index in [2.05, 4.69) is 24.3 Å². The van der Waals surface area contributed by atoms with Gasteiger partial charge in [0.1, 0.15) is 0 Å². The largest absolute Gasteiger partial charge is 0.399 e. The standard InChI is InChI=1S/C19H24N2O/c1-15-11-12-17(20)14-18(15)19(22)21(2)13-7-6-10-16-8-4-3-5-9-16/h3-5,8-9,11-12,14H,6-7,10,13,20H2,1-2H3. The third-order valence-electron chi connectivity index (χ3n) is 3.89. The van der Waals surface area contributed by atoms with Crippen molar-refractivity contribution in [1.82, 2.24) is 4.90 Å². The minimum atomic E-state index is 0.0458. The van der Waals surface area contributed by atoms with Gasteiger partial charge in [-0.3, -0.25) is 4.79 Å². The van der Waals surface area contributed by atoms with Crippen LogP contribution >= 0.6 is 0 Å². The second-order valence-electron chi connectivity index (χ2n) is 5.74. The predicted octanol–water partition coefficient (Wildman–Crippen LogP) is 3.67. The van der Waals surface area contributed by atoms with Gasteiger partial charge in [-0.05, 0) is 49.4 Å². The number of amides is 1. The van der Waals surface area contributed by atoms with Gasteiger partial charge in [0.2, 0.25) is 0 Å². The van der Waals surface area contributed by atoms with Gasteiger partial charge in [-0.2, -0.15) is 0 Å². The van der Waals surface area contributed by atoms with Crippen LogP contribution in [-0.2, 0) is 6.42 Å². The molecule has 0 aliphatic rings. The first-order valence-electron chi connectivity index (χ1n) is 7.73. The number of anilines is 1. The molecule has 0 saturated carbocycles. The van der Waals surface area contributed by atoms with Crippen LogP contribution in [0.1, 0.15) is 34.3 Å². The van der Waals surface area contributed by atoms with Crippen LogP contribution in [0.4, 0.5) is 5.69 Å². The Bertz CT molecular complexity index is 623. The van der Waals surface area contributed by atoms with Crippen LogP contribution in [0.5, 0.6) is 0 Å². The molecule has 0 radical (unpaired) electrons. The van der Waals surface area contributed by atoms with Crippen molar-refractivity contribution in [2.75, 3.05) is 19.3 Å². The Kier molecular flexibility index (Phi) is 5.59. The zero-order valence-corrected chi connectivity index (χ0v) is 13.4. The highest BCUT2D eigenvalue weighted by Crippen LogP contribution is 2.15. The molecule has 0 aromatic heterocycles. The lowest BCUT2D eigenvalue weighted by atomic mass is 10.1. The minimum absolute atomic E-state index is 0.0458. The third kappa shape index (κ3) is 4.35. The van der Waals surface area contributed by atoms with Crippen LogP contribution < -0.4 is 5.73 Å². The minimum Gasteiger partial charge on any atom is -0.399 e. The Morgan fingerprint density at radius 3 is 2.55 bits per heavy atom. The van der Waals surface area contributed by atoms with Crippen molar-refractivity contribution in [1.29, 1.82) is 0 Å². The van der Waals surface area contributed by atoms with Gasteiger partial charge < -0.3 is 10.6 Å². The maximum atomic E-state index is 12.5. The SMILES string of the molecule is Cc1ccc(N)cc1C(=O)N(C)CCCCc1ccccc1. The number of rotatable bonds is 6. The van der Waals surface area contributed by atoms with Crippen molar-refractivity contribution >= 4 is 11.6 Å². The highest BCUT2D eigenvalue weighted by atomic mass is 16.2. The van der Waals surface area contributed by atoms with E-state index in [1.807, 2.05) is 32.2 Å². The van der Waals surface area contributed by atoms with E-state index in [1.54, 1.807) is 11.0 Å². The number of nitrogens with zero attached hydrogens (tertiary/aromatic N) is 1. The van der Waals surface area contributed by atoms with Crippen molar-refractivity contribution < 1.29 is 4.79 Å². The molecular formula is C19H24N2O. The first kappa shape index (κ1) is 16.1. The monoisotopic (exact) mass is 296 g/mol. The highest BCUT2D eigenvalue weighted by molar-refractivity contribution is 5.96. The molecule has 0 fully saturated rings. The molecule has 0 bridgehead atoms. The van der Waals surface area contributed by atoms with E-state index in [9.17, 15) is 4.79 Å². The van der Waals surface area contributed by atoms with E-state index in [4.69, 9.17) is 5.73 Å². The lowest BCUT2D eigenvalue weighted by Crippen LogP contribution is -2.28. The van der Waals surface area contributed by atoms with Crippen LogP contribution in [-0.4, -0.2) is 24.4 Å². The van der Waals surface area contributed by atoms with Gasteiger partial charge >= 0.3 is 0 Å². The fourth-order valence-corrected chi connectivity index (χ4v) is 2.50. The molecule has 0 heterocycles. The van der Waals surface area contributed by atoms with Crippen LogP contribution in [0.3, 0.4) is 0 Å². The summed E-state index contributed by atoms with van der Waals surface area (Å²) >= 11 is 0. The normalized spacial score (nSPS) is 10.5. The molecule has 116 valence electrons. The summed E-state index contributed by atoms with van der Waals surface area (Å²) in [6, 6.07) is 15.9. The summed E-state index contributed by atoms with van der Waals surface area (Å²) in [5.41, 5.74) is 9.43. The smallest absolute Gasteiger partial charge is 0.253 e. The summed E-state index contributed by atoms with van der Waals surface area (Å²) in [7, 11) is 1.85. The topological polar surface area (TPSA) is 46.3 Å². The van der Waals surface area contributed by atoms with Crippen molar-refractivity contribution in [3.8, 4) is 0 Å². The van der Waals surface area contributed by atoms with E-state index < -0.39 is 0 Å². The van der Waals surface area contributed by atoms with Gasteiger partial charge in [0.05, 0.1) is 0 Å². The molecule has 22 heavy (non-hydrogen) atoms. The van der Waals surface area contributed by atoms with Crippen molar-refractivity contribution in [3.63, 3.8) is 0 Å². The molecule has 0 atom stereocenters. The van der Waals surface area contributed by atoms with E-state index in [0.29, 0.717) is 11.3 Å². The van der Waals surface area contributed by atoms with Gasteiger partial charge in [-0.1, -0.05) is 36.4 Å². The number of hydrogen-bond donors (Lipinski definition) is 1. The third-order valence-corrected chi connectivity index (χ3v) is 3.89. The van der Waals surface area contributed by atoms with Crippen molar-refractivity contribution in [2.45, 2.75) is 26.2 Å². The first-order valence-corrected chi connectivity index (χ1v) is 7.73. The highest BCUT2D eigenvalue weighted by Gasteiger charge is 2.13. The summed E-state index contributed by atoms with van der Waals surface area (Å²) < 4.78 is 0. The molecule has 0 aliphatic carbocycles. The van der Waals surface area contributed by atoms with E-state index in [0.717, 1.165) is 31.4 Å². The van der Waals surface area contributed by atoms with Crippen molar-refractivity contribution in [2.24, 2.45) is 0 Å². The van der Waals surface area contributed by atoms with Crippen molar-refractivity contribution in [3.05, 3.63) is 65.2 Å². The number of benzene rings is 2. The van der Waals surface area contributed by atoms with Gasteiger partial charge in [0.15, 0.2) is 0 Å². The Morgan fingerprint density at radius 1 is 1.09 bits per heavy atom. The number of carbonyl (C=O) groups excluding carboxylic acids is 1. The maximum absolute atomic E-state index is 12.5. The number of nitrogen functional groups attached to an aromatic ring is 1. The van der Waals surface area contributed by atoms with Gasteiger partial charge in [0.25, 0.3) is 5.91 Å². The molecule has 2 aromatic rings. The Balaban J connectivity index is 1.83. The maximum Gasteiger partial charge on any atom is 0.253 e. The van der Waals surface area contributed by atoms with E-state index in [-0.39, 0.29) is 5.91 Å². The van der Waals surface area contributed by atoms with Crippen LogP contribution in [0, 0.1) is 6.92 Å². The Labute approximate surface area is 132 Å². The average molecular weight is 296 g/mol. The molecule has 2 rings (SSSR count). The van der Waals surface area contributed by atoms with Crippen LogP contribution in [0.2, 0.25) is 0 Å². The van der Waals surface area contributed by atoms with Gasteiger partial charge in [-0.25, -0.2) is 0 Å². The number of unbranched alkanes of at least 4 members (excludes halogenated alkanes) is 1. The van der Waals surface area contributed by atoms with E-state index >= 15 is 0 Å². The number of aryl methyl sites for hydroxylation is 2. The molecule has 2 aromatic carbocycles. The zero-order valence-electron chi connectivity index (χ0n) is 13.4. The number of hydrogen-bond acceptors (Lipinski definition) is 2. The van der Waals surface area contributed by atoms with E-state index in [1.165, 1.54) is 5.56 Å². The summed E-state index contributed by atoms with van der Waals surface area (Å²) in [6.07, 6.45) is 3.14. The average Bonchev–Trinajstić information content (AvgIpc) is 2.54. The molecule has 0 saturated heterocycles. The number of carbonyl (C=O) groups is 1.